The van der Waals surface area contributed by atoms with Crippen LogP contribution in [0.25, 0.3) is 0 Å². The van der Waals surface area contributed by atoms with Gasteiger partial charge >= 0.3 is 0 Å². The first-order valence-corrected chi connectivity index (χ1v) is 6.17. The lowest BCUT2D eigenvalue weighted by molar-refractivity contribution is 0.465. The minimum absolute atomic E-state index is 0.728. The Morgan fingerprint density at radius 2 is 1.93 bits per heavy atom. The highest BCUT2D eigenvalue weighted by molar-refractivity contribution is 4.92. The Hall–Kier alpha value is -0.770. The molecule has 0 aliphatic carbocycles. The van der Waals surface area contributed by atoms with Gasteiger partial charge in [0.1, 0.15) is 0 Å². The summed E-state index contributed by atoms with van der Waals surface area (Å²) in [5.41, 5.74) is 1.43. The van der Waals surface area contributed by atoms with Gasteiger partial charge in [0.2, 0.25) is 0 Å². The fraction of sp³-hybridized carbons (Fsp3) is 0.786. The topological polar surface area (TPSA) is 23.8 Å². The Morgan fingerprint density at radius 1 is 1.20 bits per heavy atom. The number of nitrogens with zero attached hydrogens (tertiary/aromatic N) is 1. The summed E-state index contributed by atoms with van der Waals surface area (Å²) in [6, 6.07) is 2.19. The third-order valence-electron chi connectivity index (χ3n) is 2.70. The molecule has 86 valence electrons. The Balaban J connectivity index is 3.30. The number of allylic oxidation sites excluding steroid dienone is 2. The lowest BCUT2D eigenvalue weighted by atomic mass is 9.97. The van der Waals surface area contributed by atoms with Crippen molar-refractivity contribution in [2.24, 2.45) is 5.92 Å². The molecule has 0 fully saturated rings. The molecule has 0 aliphatic heterocycles. The molecule has 0 amide bonds. The average molecular weight is 207 g/mol. The molecular weight excluding hydrogens is 182 g/mol. The zero-order chi connectivity index (χ0) is 11.5. The summed E-state index contributed by atoms with van der Waals surface area (Å²) in [7, 11) is 0. The average Bonchev–Trinajstić information content (AvgIpc) is 2.17. The van der Waals surface area contributed by atoms with Gasteiger partial charge in [-0.3, -0.25) is 0 Å². The third kappa shape index (κ3) is 11.2. The summed E-state index contributed by atoms with van der Waals surface area (Å²) < 4.78 is 0. The summed E-state index contributed by atoms with van der Waals surface area (Å²) in [5.74, 6) is 0.836. The van der Waals surface area contributed by atoms with Crippen LogP contribution in [0.4, 0.5) is 0 Å². The Bertz CT molecular complexity index is 206. The van der Waals surface area contributed by atoms with E-state index in [1.165, 1.54) is 37.7 Å². The molecule has 0 rings (SSSR count). The zero-order valence-electron chi connectivity index (χ0n) is 10.6. The molecule has 1 atom stereocenters. The molecule has 0 saturated carbocycles. The van der Waals surface area contributed by atoms with Crippen LogP contribution in [0, 0.1) is 17.2 Å². The molecule has 0 aliphatic rings. The molecule has 0 radical (unpaired) electrons. The summed E-state index contributed by atoms with van der Waals surface area (Å²) >= 11 is 0. The molecule has 0 aromatic rings. The maximum absolute atomic E-state index is 8.39. The molecule has 0 bridgehead atoms. The van der Waals surface area contributed by atoms with Gasteiger partial charge < -0.3 is 0 Å². The van der Waals surface area contributed by atoms with Crippen molar-refractivity contribution in [2.75, 3.05) is 0 Å². The monoisotopic (exact) mass is 207 g/mol. The highest BCUT2D eigenvalue weighted by Crippen LogP contribution is 2.16. The lowest BCUT2D eigenvalue weighted by Crippen LogP contribution is -1.94. The molecule has 0 spiro atoms. The highest BCUT2D eigenvalue weighted by atomic mass is 14.2. The predicted molar refractivity (Wildman–Crippen MR) is 66.5 cm³/mol. The van der Waals surface area contributed by atoms with Crippen molar-refractivity contribution in [3.63, 3.8) is 0 Å². The maximum Gasteiger partial charge on any atom is 0.0621 e. The summed E-state index contributed by atoms with van der Waals surface area (Å²) in [6.07, 6.45) is 10.5. The number of hydrogen-bond donors (Lipinski definition) is 0. The van der Waals surface area contributed by atoms with Crippen LogP contribution < -0.4 is 0 Å². The van der Waals surface area contributed by atoms with Crippen molar-refractivity contribution in [3.05, 3.63) is 11.6 Å². The molecule has 1 heteroatoms. The van der Waals surface area contributed by atoms with E-state index in [2.05, 4.69) is 32.9 Å². The maximum atomic E-state index is 8.39. The SMILES string of the molecule is CC(C)=CCCC(C)CCCCCC#N. The highest BCUT2D eigenvalue weighted by Gasteiger charge is 2.00. The van der Waals surface area contributed by atoms with Crippen LogP contribution in [0.15, 0.2) is 11.6 Å². The lowest BCUT2D eigenvalue weighted by Gasteiger charge is -2.09. The van der Waals surface area contributed by atoms with E-state index in [1.54, 1.807) is 0 Å². The van der Waals surface area contributed by atoms with E-state index >= 15 is 0 Å². The van der Waals surface area contributed by atoms with E-state index in [1.807, 2.05) is 0 Å². The second kappa shape index (κ2) is 9.77. The van der Waals surface area contributed by atoms with Crippen LogP contribution >= 0.6 is 0 Å². The number of hydrogen-bond acceptors (Lipinski definition) is 1. The second-order valence-corrected chi connectivity index (χ2v) is 4.72. The van der Waals surface area contributed by atoms with E-state index < -0.39 is 0 Å². The smallest absolute Gasteiger partial charge is 0.0621 e. The van der Waals surface area contributed by atoms with E-state index in [0.717, 1.165) is 18.8 Å². The minimum atomic E-state index is 0.728. The third-order valence-corrected chi connectivity index (χ3v) is 2.70. The molecule has 0 saturated heterocycles. The fourth-order valence-corrected chi connectivity index (χ4v) is 1.67. The van der Waals surface area contributed by atoms with Gasteiger partial charge in [-0.15, -0.1) is 0 Å². The van der Waals surface area contributed by atoms with Crippen molar-refractivity contribution in [1.29, 1.82) is 5.26 Å². The standard InChI is InChI=1S/C14H25N/c1-13(2)9-8-11-14(3)10-6-4-5-7-12-15/h9,14H,4-8,10-11H2,1-3H3. The molecule has 0 aromatic carbocycles. The largest absolute Gasteiger partial charge is 0.198 e. The van der Waals surface area contributed by atoms with Crippen LogP contribution in [0.2, 0.25) is 0 Å². The Morgan fingerprint density at radius 3 is 2.53 bits per heavy atom. The van der Waals surface area contributed by atoms with Gasteiger partial charge in [-0.05, 0) is 39.0 Å². The molecule has 1 nitrogen and oxygen atoms in total. The van der Waals surface area contributed by atoms with E-state index in [0.29, 0.717) is 0 Å². The second-order valence-electron chi connectivity index (χ2n) is 4.72. The van der Waals surface area contributed by atoms with E-state index in [4.69, 9.17) is 5.26 Å². The van der Waals surface area contributed by atoms with Gasteiger partial charge in [-0.2, -0.15) is 5.26 Å². The van der Waals surface area contributed by atoms with Crippen molar-refractivity contribution in [2.45, 2.75) is 65.7 Å². The Kier molecular flexibility index (Phi) is 9.27. The summed E-state index contributed by atoms with van der Waals surface area (Å²) in [6.45, 7) is 6.66. The fourth-order valence-electron chi connectivity index (χ4n) is 1.67. The van der Waals surface area contributed by atoms with Gasteiger partial charge in [0.15, 0.2) is 0 Å². The van der Waals surface area contributed by atoms with Crippen molar-refractivity contribution >= 4 is 0 Å². The first-order chi connectivity index (χ1) is 7.16. The van der Waals surface area contributed by atoms with Crippen LogP contribution in [-0.2, 0) is 0 Å². The number of nitriles is 1. The Labute approximate surface area is 95.2 Å². The van der Waals surface area contributed by atoms with Crippen molar-refractivity contribution in [3.8, 4) is 6.07 Å². The molecule has 0 heterocycles. The van der Waals surface area contributed by atoms with Crippen molar-refractivity contribution < 1.29 is 0 Å². The number of rotatable bonds is 8. The molecule has 0 aromatic heterocycles. The number of unbranched alkanes of at least 4 members (excludes halogenated alkanes) is 3. The van der Waals surface area contributed by atoms with E-state index in [-0.39, 0.29) is 0 Å². The van der Waals surface area contributed by atoms with E-state index in [9.17, 15) is 0 Å². The first-order valence-electron chi connectivity index (χ1n) is 6.17. The molecule has 1 unspecified atom stereocenters. The van der Waals surface area contributed by atoms with Gasteiger partial charge in [0.05, 0.1) is 6.07 Å². The summed E-state index contributed by atoms with van der Waals surface area (Å²) in [5, 5.41) is 8.39. The van der Waals surface area contributed by atoms with Gasteiger partial charge in [-0.25, -0.2) is 0 Å². The van der Waals surface area contributed by atoms with Crippen LogP contribution in [0.3, 0.4) is 0 Å². The zero-order valence-corrected chi connectivity index (χ0v) is 10.6. The van der Waals surface area contributed by atoms with Gasteiger partial charge in [0, 0.05) is 6.42 Å². The normalized spacial score (nSPS) is 11.9. The predicted octanol–water partition coefficient (Wildman–Crippen LogP) is 4.84. The first kappa shape index (κ1) is 14.2. The minimum Gasteiger partial charge on any atom is -0.198 e. The molecular formula is C14H25N. The van der Waals surface area contributed by atoms with Gasteiger partial charge in [0.25, 0.3) is 0 Å². The molecule has 15 heavy (non-hydrogen) atoms. The van der Waals surface area contributed by atoms with Gasteiger partial charge in [-0.1, -0.05) is 37.8 Å². The summed E-state index contributed by atoms with van der Waals surface area (Å²) in [4.78, 5) is 0. The van der Waals surface area contributed by atoms with Crippen LogP contribution in [-0.4, -0.2) is 0 Å². The molecule has 0 N–H and O–H groups in total. The van der Waals surface area contributed by atoms with Crippen LogP contribution in [0.1, 0.15) is 65.7 Å². The van der Waals surface area contributed by atoms with Crippen LogP contribution in [0.5, 0.6) is 0 Å². The van der Waals surface area contributed by atoms with Crippen molar-refractivity contribution in [1.82, 2.24) is 0 Å². The quantitative estimate of drug-likeness (QED) is 0.412.